The van der Waals surface area contributed by atoms with Crippen molar-refractivity contribution in [3.8, 4) is 0 Å². The smallest absolute Gasteiger partial charge is 0.127 e. The summed E-state index contributed by atoms with van der Waals surface area (Å²) in [5.74, 6) is -0.387. The predicted molar refractivity (Wildman–Crippen MR) is 75.1 cm³/mol. The monoisotopic (exact) mass is 273 g/mol. The number of nitrogens with zero attached hydrogens (tertiary/aromatic N) is 1. The Kier molecular flexibility index (Phi) is 3.79. The van der Waals surface area contributed by atoms with Crippen molar-refractivity contribution in [3.63, 3.8) is 0 Å². The highest BCUT2D eigenvalue weighted by Gasteiger charge is 2.29. The minimum Gasteiger partial charge on any atom is -0.292 e. The molecule has 104 valence electrons. The maximum Gasteiger partial charge on any atom is 0.127 e. The summed E-state index contributed by atoms with van der Waals surface area (Å²) in [7, 11) is 0. The molecule has 0 atom stereocenters. The molecule has 1 aliphatic carbocycles. The van der Waals surface area contributed by atoms with Crippen molar-refractivity contribution in [2.45, 2.75) is 32.0 Å². The molecular formula is C17H17F2N. The first-order chi connectivity index (χ1) is 9.72. The van der Waals surface area contributed by atoms with Crippen molar-refractivity contribution in [3.05, 3.63) is 71.3 Å². The van der Waals surface area contributed by atoms with E-state index in [0.29, 0.717) is 24.7 Å². The molecule has 0 bridgehead atoms. The lowest BCUT2D eigenvalue weighted by molar-refractivity contribution is 0.242. The second-order valence-corrected chi connectivity index (χ2v) is 5.36. The minimum absolute atomic E-state index is 0.169. The van der Waals surface area contributed by atoms with Gasteiger partial charge in [0.05, 0.1) is 0 Å². The fourth-order valence-electron chi connectivity index (χ4n) is 2.47. The van der Waals surface area contributed by atoms with Gasteiger partial charge in [-0.2, -0.15) is 0 Å². The molecule has 0 saturated heterocycles. The second kappa shape index (κ2) is 5.71. The summed E-state index contributed by atoms with van der Waals surface area (Å²) in [4.78, 5) is 2.23. The highest BCUT2D eigenvalue weighted by atomic mass is 19.1. The van der Waals surface area contributed by atoms with Crippen molar-refractivity contribution in [1.29, 1.82) is 0 Å². The summed E-state index contributed by atoms with van der Waals surface area (Å²) in [6.45, 7) is 1.24. The van der Waals surface area contributed by atoms with Gasteiger partial charge in [-0.15, -0.1) is 0 Å². The van der Waals surface area contributed by atoms with Gasteiger partial charge >= 0.3 is 0 Å². The van der Waals surface area contributed by atoms with Crippen molar-refractivity contribution in [2.75, 3.05) is 0 Å². The van der Waals surface area contributed by atoms with Crippen LogP contribution in [0.3, 0.4) is 0 Å². The van der Waals surface area contributed by atoms with Crippen LogP contribution in [0.25, 0.3) is 0 Å². The van der Waals surface area contributed by atoms with Crippen molar-refractivity contribution >= 4 is 0 Å². The summed E-state index contributed by atoms with van der Waals surface area (Å²) >= 11 is 0. The van der Waals surface area contributed by atoms with Gasteiger partial charge in [0.25, 0.3) is 0 Å². The van der Waals surface area contributed by atoms with Crippen LogP contribution in [0, 0.1) is 11.6 Å². The number of rotatable bonds is 5. The number of hydrogen-bond donors (Lipinski definition) is 0. The fourth-order valence-corrected chi connectivity index (χ4v) is 2.47. The third-order valence-corrected chi connectivity index (χ3v) is 3.67. The van der Waals surface area contributed by atoms with E-state index in [0.717, 1.165) is 18.4 Å². The maximum absolute atomic E-state index is 13.8. The zero-order chi connectivity index (χ0) is 13.9. The van der Waals surface area contributed by atoms with E-state index in [1.807, 2.05) is 18.2 Å². The Morgan fingerprint density at radius 3 is 2.45 bits per heavy atom. The Hall–Kier alpha value is -1.74. The lowest BCUT2D eigenvalue weighted by Crippen LogP contribution is -2.25. The van der Waals surface area contributed by atoms with Crippen LogP contribution in [0.4, 0.5) is 8.78 Å². The summed E-state index contributed by atoms with van der Waals surface area (Å²) < 4.78 is 27.0. The standard InChI is InChI=1S/C17H17F2N/c18-15-6-3-4-13(10-15)11-20(16-8-9-16)12-14-5-1-2-7-17(14)19/h1-7,10,16H,8-9,11-12H2. The lowest BCUT2D eigenvalue weighted by Gasteiger charge is -2.22. The van der Waals surface area contributed by atoms with Crippen LogP contribution in [0.1, 0.15) is 24.0 Å². The Balaban J connectivity index is 1.75. The van der Waals surface area contributed by atoms with Gasteiger partial charge in [0, 0.05) is 24.7 Å². The number of hydrogen-bond acceptors (Lipinski definition) is 1. The van der Waals surface area contributed by atoms with Crippen LogP contribution in [0.2, 0.25) is 0 Å². The number of halogens is 2. The summed E-state index contributed by atoms with van der Waals surface area (Å²) in [5.41, 5.74) is 1.64. The lowest BCUT2D eigenvalue weighted by atomic mass is 10.1. The van der Waals surface area contributed by atoms with E-state index in [4.69, 9.17) is 0 Å². The quantitative estimate of drug-likeness (QED) is 0.791. The molecule has 3 rings (SSSR count). The van der Waals surface area contributed by atoms with Crippen LogP contribution in [-0.4, -0.2) is 10.9 Å². The zero-order valence-electron chi connectivity index (χ0n) is 11.2. The Morgan fingerprint density at radius 1 is 0.950 bits per heavy atom. The largest absolute Gasteiger partial charge is 0.292 e. The van der Waals surface area contributed by atoms with Gasteiger partial charge in [-0.05, 0) is 36.6 Å². The molecule has 0 unspecified atom stereocenters. The Morgan fingerprint density at radius 2 is 1.75 bits per heavy atom. The fraction of sp³-hybridized carbons (Fsp3) is 0.294. The predicted octanol–water partition coefficient (Wildman–Crippen LogP) is 4.13. The first-order valence-electron chi connectivity index (χ1n) is 6.94. The van der Waals surface area contributed by atoms with E-state index in [-0.39, 0.29) is 11.6 Å². The van der Waals surface area contributed by atoms with Crippen LogP contribution in [0.15, 0.2) is 48.5 Å². The molecule has 0 spiro atoms. The molecule has 2 aromatic carbocycles. The normalized spacial score (nSPS) is 14.8. The average Bonchev–Trinajstić information content (AvgIpc) is 3.25. The Bertz CT molecular complexity index is 593. The van der Waals surface area contributed by atoms with E-state index in [1.54, 1.807) is 18.2 Å². The van der Waals surface area contributed by atoms with Gasteiger partial charge < -0.3 is 0 Å². The highest BCUT2D eigenvalue weighted by molar-refractivity contribution is 5.19. The van der Waals surface area contributed by atoms with Gasteiger partial charge in [0.2, 0.25) is 0 Å². The first kappa shape index (κ1) is 13.3. The molecule has 0 N–H and O–H groups in total. The summed E-state index contributed by atoms with van der Waals surface area (Å²) in [6.07, 6.45) is 2.29. The average molecular weight is 273 g/mol. The molecule has 1 nitrogen and oxygen atoms in total. The van der Waals surface area contributed by atoms with Gasteiger partial charge in [-0.3, -0.25) is 4.90 Å². The van der Waals surface area contributed by atoms with E-state index in [1.165, 1.54) is 12.1 Å². The number of benzene rings is 2. The van der Waals surface area contributed by atoms with Gasteiger partial charge in [0.1, 0.15) is 11.6 Å². The van der Waals surface area contributed by atoms with Gasteiger partial charge in [-0.25, -0.2) is 8.78 Å². The molecule has 1 saturated carbocycles. The summed E-state index contributed by atoms with van der Waals surface area (Å²) in [6, 6.07) is 14.0. The van der Waals surface area contributed by atoms with E-state index >= 15 is 0 Å². The molecular weight excluding hydrogens is 256 g/mol. The first-order valence-corrected chi connectivity index (χ1v) is 6.94. The molecule has 0 aliphatic heterocycles. The molecule has 0 radical (unpaired) electrons. The van der Waals surface area contributed by atoms with Gasteiger partial charge in [-0.1, -0.05) is 30.3 Å². The van der Waals surface area contributed by atoms with Gasteiger partial charge in [0.15, 0.2) is 0 Å². The third-order valence-electron chi connectivity index (χ3n) is 3.67. The highest BCUT2D eigenvalue weighted by Crippen LogP contribution is 2.30. The zero-order valence-corrected chi connectivity index (χ0v) is 11.2. The maximum atomic E-state index is 13.8. The van der Waals surface area contributed by atoms with Crippen molar-refractivity contribution in [1.82, 2.24) is 4.90 Å². The van der Waals surface area contributed by atoms with Crippen LogP contribution < -0.4 is 0 Å². The molecule has 3 heteroatoms. The molecule has 1 fully saturated rings. The van der Waals surface area contributed by atoms with Crippen molar-refractivity contribution in [2.24, 2.45) is 0 Å². The molecule has 1 aliphatic rings. The Labute approximate surface area is 117 Å². The summed E-state index contributed by atoms with van der Waals surface area (Å²) in [5, 5.41) is 0. The second-order valence-electron chi connectivity index (χ2n) is 5.36. The molecule has 0 amide bonds. The SMILES string of the molecule is Fc1cccc(CN(Cc2ccccc2F)C2CC2)c1. The van der Waals surface area contributed by atoms with Crippen molar-refractivity contribution < 1.29 is 8.78 Å². The van der Waals surface area contributed by atoms with Crippen LogP contribution in [-0.2, 0) is 13.1 Å². The van der Waals surface area contributed by atoms with Crippen LogP contribution in [0.5, 0.6) is 0 Å². The molecule has 0 aromatic heterocycles. The molecule has 0 heterocycles. The van der Waals surface area contributed by atoms with E-state index in [9.17, 15) is 8.78 Å². The molecule has 20 heavy (non-hydrogen) atoms. The minimum atomic E-state index is -0.218. The topological polar surface area (TPSA) is 3.24 Å². The van der Waals surface area contributed by atoms with Crippen LogP contribution >= 0.6 is 0 Å². The third kappa shape index (κ3) is 3.23. The molecule has 2 aromatic rings. The van der Waals surface area contributed by atoms with E-state index in [2.05, 4.69) is 4.90 Å². The van der Waals surface area contributed by atoms with E-state index < -0.39 is 0 Å².